The minimum atomic E-state index is -0.0727. The van der Waals surface area contributed by atoms with Crippen molar-refractivity contribution in [3.05, 3.63) is 65.1 Å². The van der Waals surface area contributed by atoms with Crippen molar-refractivity contribution in [2.24, 2.45) is 0 Å². The summed E-state index contributed by atoms with van der Waals surface area (Å²) < 4.78 is 1.58. The molecule has 0 aliphatic heterocycles. The molecule has 0 radical (unpaired) electrons. The summed E-state index contributed by atoms with van der Waals surface area (Å²) in [7, 11) is 0. The van der Waals surface area contributed by atoms with E-state index in [1.807, 2.05) is 51.1 Å². The number of aromatic nitrogens is 4. The maximum absolute atomic E-state index is 12.3. The number of nitrogens with zero attached hydrogens (tertiary/aromatic N) is 4. The molecule has 0 unspecified atom stereocenters. The van der Waals surface area contributed by atoms with E-state index >= 15 is 0 Å². The van der Waals surface area contributed by atoms with Crippen molar-refractivity contribution in [1.29, 1.82) is 0 Å². The average Bonchev–Trinajstić information content (AvgIpc) is 2.95. The van der Waals surface area contributed by atoms with Gasteiger partial charge in [0.15, 0.2) is 0 Å². The molecule has 0 aliphatic rings. The van der Waals surface area contributed by atoms with Crippen LogP contribution in [0.5, 0.6) is 0 Å². The molecule has 6 nitrogen and oxygen atoms in total. The molecule has 0 bridgehead atoms. The van der Waals surface area contributed by atoms with Crippen LogP contribution in [0.25, 0.3) is 5.95 Å². The van der Waals surface area contributed by atoms with E-state index in [0.717, 1.165) is 22.8 Å². The van der Waals surface area contributed by atoms with E-state index < -0.39 is 0 Å². The second-order valence-corrected chi connectivity index (χ2v) is 7.05. The van der Waals surface area contributed by atoms with Crippen LogP contribution >= 0.6 is 11.8 Å². The van der Waals surface area contributed by atoms with Gasteiger partial charge in [-0.2, -0.15) is 9.78 Å². The summed E-state index contributed by atoms with van der Waals surface area (Å²) in [5.74, 6) is 2.14. The Morgan fingerprint density at radius 3 is 2.42 bits per heavy atom. The van der Waals surface area contributed by atoms with Gasteiger partial charge in [0.2, 0.25) is 5.91 Å². The molecule has 0 fully saturated rings. The van der Waals surface area contributed by atoms with Crippen LogP contribution in [0, 0.1) is 20.8 Å². The molecule has 2 aromatic heterocycles. The maximum atomic E-state index is 12.3. The number of anilines is 1. The summed E-state index contributed by atoms with van der Waals surface area (Å²) in [6, 6.07) is 13.8. The molecule has 1 aromatic carbocycles. The highest BCUT2D eigenvalue weighted by Crippen LogP contribution is 2.17. The van der Waals surface area contributed by atoms with Crippen molar-refractivity contribution in [1.82, 2.24) is 19.7 Å². The molecule has 1 amide bonds. The van der Waals surface area contributed by atoms with E-state index in [1.165, 1.54) is 5.56 Å². The third kappa shape index (κ3) is 4.70. The van der Waals surface area contributed by atoms with E-state index in [9.17, 15) is 4.79 Å². The number of carbonyl (C=O) groups is 1. The summed E-state index contributed by atoms with van der Waals surface area (Å²) in [6.07, 6.45) is 0. The first kappa shape index (κ1) is 18.1. The normalized spacial score (nSPS) is 10.7. The zero-order chi connectivity index (χ0) is 18.5. The lowest BCUT2D eigenvalue weighted by atomic mass is 10.2. The van der Waals surface area contributed by atoms with Crippen LogP contribution in [0.1, 0.15) is 22.6 Å². The van der Waals surface area contributed by atoms with Gasteiger partial charge in [0.1, 0.15) is 5.82 Å². The zero-order valence-electron chi connectivity index (χ0n) is 15.1. The van der Waals surface area contributed by atoms with Crippen molar-refractivity contribution in [2.45, 2.75) is 26.5 Å². The van der Waals surface area contributed by atoms with E-state index in [0.29, 0.717) is 17.5 Å². The Kier molecular flexibility index (Phi) is 5.68. The van der Waals surface area contributed by atoms with Gasteiger partial charge in [-0.3, -0.25) is 4.79 Å². The van der Waals surface area contributed by atoms with Crippen LogP contribution in [0.2, 0.25) is 0 Å². The minimum absolute atomic E-state index is 0.0727. The Morgan fingerprint density at radius 1 is 1.04 bits per heavy atom. The molecular weight excluding hydrogens is 346 g/mol. The number of carbonyl (C=O) groups excluding carboxylic acids is 1. The quantitative estimate of drug-likeness (QED) is 0.722. The zero-order valence-corrected chi connectivity index (χ0v) is 15.9. The summed E-state index contributed by atoms with van der Waals surface area (Å²) >= 11 is 1.57. The smallest absolute Gasteiger partial charge is 0.252 e. The van der Waals surface area contributed by atoms with Crippen LogP contribution in [0.15, 0.2) is 42.5 Å². The fraction of sp³-hybridized carbons (Fsp3) is 0.263. The third-order valence-electron chi connectivity index (χ3n) is 3.60. The fourth-order valence-electron chi connectivity index (χ4n) is 2.56. The second-order valence-electron chi connectivity index (χ2n) is 6.06. The lowest BCUT2D eigenvalue weighted by Crippen LogP contribution is -2.18. The molecule has 7 heteroatoms. The Hall–Kier alpha value is -2.67. The Bertz CT molecular complexity index is 887. The van der Waals surface area contributed by atoms with Crippen molar-refractivity contribution in [3.8, 4) is 5.95 Å². The molecule has 2 heterocycles. The molecule has 0 saturated carbocycles. The van der Waals surface area contributed by atoms with E-state index in [2.05, 4.69) is 32.5 Å². The van der Waals surface area contributed by atoms with Gasteiger partial charge in [0.25, 0.3) is 5.95 Å². The van der Waals surface area contributed by atoms with Crippen LogP contribution in [-0.4, -0.2) is 31.4 Å². The molecule has 26 heavy (non-hydrogen) atoms. The van der Waals surface area contributed by atoms with Gasteiger partial charge in [-0.25, -0.2) is 9.97 Å². The maximum Gasteiger partial charge on any atom is 0.252 e. The third-order valence-corrected chi connectivity index (χ3v) is 4.61. The van der Waals surface area contributed by atoms with Gasteiger partial charge in [-0.1, -0.05) is 30.3 Å². The standard InChI is InChI=1S/C19H21N5OS/c1-13-9-14(2)21-19(20-13)24-17(10-15(3)23-24)22-18(25)12-26-11-16-7-5-4-6-8-16/h4-10H,11-12H2,1-3H3,(H,22,25). The number of amides is 1. The summed E-state index contributed by atoms with van der Waals surface area (Å²) in [5, 5.41) is 7.33. The molecule has 0 spiro atoms. The fourth-order valence-corrected chi connectivity index (χ4v) is 3.35. The van der Waals surface area contributed by atoms with E-state index in [4.69, 9.17) is 0 Å². The largest absolute Gasteiger partial charge is 0.310 e. The molecule has 0 aliphatic carbocycles. The number of benzene rings is 1. The first-order valence-corrected chi connectivity index (χ1v) is 9.47. The molecule has 0 saturated heterocycles. The van der Waals surface area contributed by atoms with Crippen LogP contribution in [0.3, 0.4) is 0 Å². The lowest BCUT2D eigenvalue weighted by molar-refractivity contribution is -0.113. The van der Waals surface area contributed by atoms with Crippen LogP contribution in [-0.2, 0) is 10.5 Å². The van der Waals surface area contributed by atoms with E-state index in [-0.39, 0.29) is 5.91 Å². The Balaban J connectivity index is 1.67. The topological polar surface area (TPSA) is 72.7 Å². The predicted molar refractivity (Wildman–Crippen MR) is 105 cm³/mol. The minimum Gasteiger partial charge on any atom is -0.310 e. The number of nitrogens with one attached hydrogen (secondary N) is 1. The average molecular weight is 367 g/mol. The highest BCUT2D eigenvalue weighted by atomic mass is 32.2. The Morgan fingerprint density at radius 2 is 1.73 bits per heavy atom. The van der Waals surface area contributed by atoms with Crippen molar-refractivity contribution in [2.75, 3.05) is 11.1 Å². The highest BCUT2D eigenvalue weighted by molar-refractivity contribution is 7.99. The van der Waals surface area contributed by atoms with Gasteiger partial charge in [0, 0.05) is 23.2 Å². The van der Waals surface area contributed by atoms with Gasteiger partial charge >= 0.3 is 0 Å². The second kappa shape index (κ2) is 8.14. The number of hydrogen-bond acceptors (Lipinski definition) is 5. The molecule has 3 rings (SSSR count). The molecule has 3 aromatic rings. The number of hydrogen-bond donors (Lipinski definition) is 1. The van der Waals surface area contributed by atoms with Crippen LogP contribution in [0.4, 0.5) is 5.82 Å². The first-order chi connectivity index (χ1) is 12.5. The highest BCUT2D eigenvalue weighted by Gasteiger charge is 2.13. The van der Waals surface area contributed by atoms with Gasteiger partial charge in [-0.15, -0.1) is 11.8 Å². The predicted octanol–water partition coefficient (Wildman–Crippen LogP) is 3.46. The number of thioether (sulfide) groups is 1. The Labute approximate surface area is 157 Å². The summed E-state index contributed by atoms with van der Waals surface area (Å²) in [4.78, 5) is 21.2. The van der Waals surface area contributed by atoms with Crippen molar-refractivity contribution >= 4 is 23.5 Å². The van der Waals surface area contributed by atoms with Gasteiger partial charge in [-0.05, 0) is 32.4 Å². The van der Waals surface area contributed by atoms with E-state index in [1.54, 1.807) is 16.4 Å². The monoisotopic (exact) mass is 367 g/mol. The SMILES string of the molecule is Cc1cc(C)nc(-n2nc(C)cc2NC(=O)CSCc2ccccc2)n1. The van der Waals surface area contributed by atoms with Crippen molar-refractivity contribution in [3.63, 3.8) is 0 Å². The summed E-state index contributed by atoms with van der Waals surface area (Å²) in [6.45, 7) is 5.69. The molecule has 134 valence electrons. The molecule has 1 N–H and O–H groups in total. The molecular formula is C19H21N5OS. The molecule has 0 atom stereocenters. The number of aryl methyl sites for hydroxylation is 3. The van der Waals surface area contributed by atoms with Crippen molar-refractivity contribution < 1.29 is 4.79 Å². The van der Waals surface area contributed by atoms with Crippen LogP contribution < -0.4 is 5.32 Å². The van der Waals surface area contributed by atoms with Gasteiger partial charge < -0.3 is 5.32 Å². The lowest BCUT2D eigenvalue weighted by Gasteiger charge is -2.09. The number of rotatable bonds is 6. The summed E-state index contributed by atoms with van der Waals surface area (Å²) in [5.41, 5.74) is 3.71. The first-order valence-electron chi connectivity index (χ1n) is 8.32. The van der Waals surface area contributed by atoms with Gasteiger partial charge in [0.05, 0.1) is 11.4 Å².